The zero-order chi connectivity index (χ0) is 20.5. The summed E-state index contributed by atoms with van der Waals surface area (Å²) >= 11 is 1.72. The quantitative estimate of drug-likeness (QED) is 0.279. The largest absolute Gasteiger partial charge is 0.490 e. The highest BCUT2D eigenvalue weighted by Gasteiger charge is 2.37. The van der Waals surface area contributed by atoms with Gasteiger partial charge in [0, 0.05) is 12.4 Å². The van der Waals surface area contributed by atoms with E-state index in [-0.39, 0.29) is 11.4 Å². The first-order valence-electron chi connectivity index (χ1n) is 10.6. The summed E-state index contributed by atoms with van der Waals surface area (Å²) in [5.74, 6) is 1.65. The molecule has 1 N–H and O–H groups in total. The van der Waals surface area contributed by atoms with Gasteiger partial charge in [-0.2, -0.15) is 0 Å². The lowest BCUT2D eigenvalue weighted by Gasteiger charge is -2.29. The number of nitrogens with one attached hydrogen (secondary N) is 1. The van der Waals surface area contributed by atoms with Crippen LogP contribution in [0.2, 0.25) is 0 Å². The minimum atomic E-state index is -0.296. The summed E-state index contributed by atoms with van der Waals surface area (Å²) in [5.41, 5.74) is 0.741. The molecule has 1 saturated carbocycles. The van der Waals surface area contributed by atoms with Gasteiger partial charge in [0.25, 0.3) is 0 Å². The molecule has 0 radical (unpaired) electrons. The lowest BCUT2D eigenvalue weighted by Crippen LogP contribution is -2.39. The van der Waals surface area contributed by atoms with Crippen molar-refractivity contribution < 1.29 is 18.7 Å². The number of likely N-dealkylation sites (N-methyl/N-ethyl adjacent to an activating group) is 1. The Morgan fingerprint density at radius 3 is 2.97 bits per heavy atom. The number of ether oxygens (including phenoxy) is 2. The van der Waals surface area contributed by atoms with Crippen molar-refractivity contribution >= 4 is 18.2 Å². The smallest absolute Gasteiger partial charge is 0.165 e. The first kappa shape index (κ1) is 22.5. The highest BCUT2D eigenvalue weighted by Crippen LogP contribution is 2.36. The Morgan fingerprint density at radius 1 is 1.38 bits per heavy atom. The van der Waals surface area contributed by atoms with Crippen molar-refractivity contribution in [2.45, 2.75) is 44.1 Å². The molecule has 1 aromatic rings. The number of benzene rings is 1. The molecule has 1 unspecified atom stereocenters. The number of aldehydes is 1. The van der Waals surface area contributed by atoms with Gasteiger partial charge in [0.2, 0.25) is 0 Å². The third-order valence-corrected chi connectivity index (χ3v) is 6.64. The molecule has 0 aromatic heterocycles. The van der Waals surface area contributed by atoms with Crippen LogP contribution in [0.3, 0.4) is 0 Å². The van der Waals surface area contributed by atoms with Crippen molar-refractivity contribution in [2.75, 3.05) is 45.7 Å². The standard InChI is InChI=1S/C22H33FN2O3S/c1-25(11-12-26)10-3-2-4-14-29-24-22(9-13-27-17-22)19-7-8-20(23)21(15-19)28-16-18-5-6-18/h7-8,12,15,18,24H,2-6,9-11,13-14,16-17H2,1H3. The van der Waals surface area contributed by atoms with Gasteiger partial charge in [0.15, 0.2) is 11.6 Å². The van der Waals surface area contributed by atoms with Crippen LogP contribution in [-0.4, -0.2) is 56.9 Å². The lowest BCUT2D eigenvalue weighted by molar-refractivity contribution is -0.108. The van der Waals surface area contributed by atoms with E-state index in [1.165, 1.54) is 18.9 Å². The first-order chi connectivity index (χ1) is 14.1. The fraction of sp³-hybridized carbons (Fsp3) is 0.682. The molecular formula is C22H33FN2O3S. The molecule has 7 heteroatoms. The fourth-order valence-electron chi connectivity index (χ4n) is 3.48. The average Bonchev–Trinajstić information content (AvgIpc) is 3.42. The van der Waals surface area contributed by atoms with E-state index in [9.17, 15) is 9.18 Å². The molecule has 1 saturated heterocycles. The minimum absolute atomic E-state index is 0.291. The summed E-state index contributed by atoms with van der Waals surface area (Å²) in [6.07, 6.45) is 7.53. The third kappa shape index (κ3) is 6.95. The summed E-state index contributed by atoms with van der Waals surface area (Å²) in [7, 11) is 1.97. The molecule has 29 heavy (non-hydrogen) atoms. The first-order valence-corrected chi connectivity index (χ1v) is 11.6. The maximum absolute atomic E-state index is 14.2. The van der Waals surface area contributed by atoms with Gasteiger partial charge in [-0.3, -0.25) is 9.62 Å². The zero-order valence-corrected chi connectivity index (χ0v) is 18.1. The molecule has 2 aliphatic rings. The Bertz CT molecular complexity index is 651. The van der Waals surface area contributed by atoms with Crippen molar-refractivity contribution in [3.63, 3.8) is 0 Å². The molecule has 1 heterocycles. The second-order valence-corrected chi connectivity index (χ2v) is 9.13. The number of rotatable bonds is 14. The van der Waals surface area contributed by atoms with Crippen molar-refractivity contribution in [3.8, 4) is 5.75 Å². The summed E-state index contributed by atoms with van der Waals surface area (Å²) in [6, 6.07) is 5.22. The lowest BCUT2D eigenvalue weighted by atomic mass is 9.90. The zero-order valence-electron chi connectivity index (χ0n) is 17.3. The van der Waals surface area contributed by atoms with Crippen LogP contribution in [0.1, 0.15) is 44.1 Å². The predicted octanol–water partition coefficient (Wildman–Crippen LogP) is 3.77. The van der Waals surface area contributed by atoms with E-state index in [4.69, 9.17) is 9.47 Å². The van der Waals surface area contributed by atoms with Gasteiger partial charge in [0.1, 0.15) is 6.29 Å². The van der Waals surface area contributed by atoms with E-state index in [1.807, 2.05) is 24.1 Å². The molecule has 0 amide bonds. The molecule has 1 aromatic carbocycles. The summed E-state index contributed by atoms with van der Waals surface area (Å²) in [5, 5.41) is 0. The van der Waals surface area contributed by atoms with Crippen LogP contribution >= 0.6 is 11.9 Å². The molecular weight excluding hydrogens is 391 g/mol. The number of nitrogens with zero attached hydrogens (tertiary/aromatic N) is 1. The van der Waals surface area contributed by atoms with Crippen LogP contribution in [0.5, 0.6) is 5.75 Å². The van der Waals surface area contributed by atoms with Crippen LogP contribution in [0.15, 0.2) is 18.2 Å². The molecule has 1 atom stereocenters. The molecule has 0 spiro atoms. The summed E-state index contributed by atoms with van der Waals surface area (Å²) in [6.45, 7) is 3.35. The van der Waals surface area contributed by atoms with Crippen molar-refractivity contribution in [3.05, 3.63) is 29.6 Å². The number of hydrogen-bond acceptors (Lipinski definition) is 6. The van der Waals surface area contributed by atoms with E-state index in [0.717, 1.165) is 49.8 Å². The van der Waals surface area contributed by atoms with Crippen molar-refractivity contribution in [1.82, 2.24) is 9.62 Å². The summed E-state index contributed by atoms with van der Waals surface area (Å²) < 4.78 is 29.2. The number of halogens is 1. The molecule has 0 bridgehead atoms. The number of unbranched alkanes of at least 4 members (excludes halogenated alkanes) is 2. The van der Waals surface area contributed by atoms with Gasteiger partial charge in [-0.25, -0.2) is 4.39 Å². The maximum atomic E-state index is 14.2. The monoisotopic (exact) mass is 424 g/mol. The second kappa shape index (κ2) is 11.3. The normalized spacial score (nSPS) is 21.6. The maximum Gasteiger partial charge on any atom is 0.165 e. The topological polar surface area (TPSA) is 50.8 Å². The molecule has 162 valence electrons. The van der Waals surface area contributed by atoms with E-state index >= 15 is 0 Å². The highest BCUT2D eigenvalue weighted by atomic mass is 32.2. The fourth-order valence-corrected chi connectivity index (χ4v) is 4.48. The molecule has 3 rings (SSSR count). The van der Waals surface area contributed by atoms with E-state index in [1.54, 1.807) is 11.9 Å². The van der Waals surface area contributed by atoms with Crippen LogP contribution in [0.25, 0.3) is 0 Å². The Hall–Kier alpha value is -1.15. The van der Waals surface area contributed by atoms with Gasteiger partial charge >= 0.3 is 0 Å². The van der Waals surface area contributed by atoms with E-state index < -0.39 is 0 Å². The Balaban J connectivity index is 1.47. The highest BCUT2D eigenvalue weighted by molar-refractivity contribution is 7.97. The Morgan fingerprint density at radius 2 is 2.24 bits per heavy atom. The van der Waals surface area contributed by atoms with Gasteiger partial charge in [-0.1, -0.05) is 24.4 Å². The van der Waals surface area contributed by atoms with E-state index in [2.05, 4.69) is 4.72 Å². The molecule has 1 aliphatic heterocycles. The van der Waals surface area contributed by atoms with Gasteiger partial charge in [-0.05, 0) is 69.3 Å². The van der Waals surface area contributed by atoms with Gasteiger partial charge < -0.3 is 14.3 Å². The summed E-state index contributed by atoms with van der Waals surface area (Å²) in [4.78, 5) is 12.5. The van der Waals surface area contributed by atoms with E-state index in [0.29, 0.717) is 38.0 Å². The minimum Gasteiger partial charge on any atom is -0.490 e. The van der Waals surface area contributed by atoms with Crippen LogP contribution < -0.4 is 9.46 Å². The Kier molecular flexibility index (Phi) is 8.78. The van der Waals surface area contributed by atoms with Gasteiger partial charge in [-0.15, -0.1) is 0 Å². The van der Waals surface area contributed by atoms with Crippen LogP contribution in [0.4, 0.5) is 4.39 Å². The second-order valence-electron chi connectivity index (χ2n) is 8.22. The average molecular weight is 425 g/mol. The number of carbonyl (C=O) groups excluding carboxylic acids is 1. The predicted molar refractivity (Wildman–Crippen MR) is 115 cm³/mol. The van der Waals surface area contributed by atoms with Crippen molar-refractivity contribution in [2.24, 2.45) is 5.92 Å². The molecule has 2 fully saturated rings. The SMILES string of the molecule is CN(CC=O)CCCCCSNC1(c2ccc(F)c(OCC3CC3)c2)CCOC1. The molecule has 1 aliphatic carbocycles. The third-order valence-electron chi connectivity index (χ3n) is 5.62. The van der Waals surface area contributed by atoms with Gasteiger partial charge in [0.05, 0.1) is 25.3 Å². The number of hydrogen-bond donors (Lipinski definition) is 1. The van der Waals surface area contributed by atoms with Crippen LogP contribution in [0, 0.1) is 11.7 Å². The molecule has 5 nitrogen and oxygen atoms in total. The van der Waals surface area contributed by atoms with Crippen LogP contribution in [-0.2, 0) is 15.1 Å². The number of carbonyl (C=O) groups is 1. The van der Waals surface area contributed by atoms with Crippen molar-refractivity contribution in [1.29, 1.82) is 0 Å². The Labute approximate surface area is 177 Å².